The third-order valence-corrected chi connectivity index (χ3v) is 4.18. The summed E-state index contributed by atoms with van der Waals surface area (Å²) in [5.41, 5.74) is 5.28. The molecule has 0 unspecified atom stereocenters. The number of nitrogens with one attached hydrogen (secondary N) is 1. The second-order valence-electron chi connectivity index (χ2n) is 4.67. The van der Waals surface area contributed by atoms with Gasteiger partial charge >= 0.3 is 0 Å². The van der Waals surface area contributed by atoms with Gasteiger partial charge in [-0.3, -0.25) is 4.79 Å². The molecule has 0 radical (unpaired) electrons. The van der Waals surface area contributed by atoms with E-state index < -0.39 is 5.54 Å². The van der Waals surface area contributed by atoms with Crippen LogP contribution in [0.5, 0.6) is 0 Å². The Labute approximate surface area is 116 Å². The second kappa shape index (κ2) is 6.42. The number of ether oxygens (including phenoxy) is 1. The summed E-state index contributed by atoms with van der Waals surface area (Å²) in [4.78, 5) is 16.4. The molecule has 1 fully saturated rings. The molecule has 2 rings (SSSR count). The first-order chi connectivity index (χ1) is 9.19. The van der Waals surface area contributed by atoms with Crippen LogP contribution in [0.15, 0.2) is 5.38 Å². The van der Waals surface area contributed by atoms with Gasteiger partial charge in [-0.2, -0.15) is 0 Å². The number of nitrogens with zero attached hydrogens (tertiary/aromatic N) is 1. The number of nitrogens with two attached hydrogens (primary N) is 1. The van der Waals surface area contributed by atoms with Crippen molar-refractivity contribution in [2.75, 3.05) is 26.4 Å². The third-order valence-electron chi connectivity index (χ3n) is 3.27. The van der Waals surface area contributed by atoms with Crippen LogP contribution in [0.4, 0.5) is 0 Å². The van der Waals surface area contributed by atoms with Gasteiger partial charge in [-0.1, -0.05) is 0 Å². The van der Waals surface area contributed by atoms with Gasteiger partial charge in [0.05, 0.1) is 17.2 Å². The number of aliphatic hydroxyl groups is 1. The summed E-state index contributed by atoms with van der Waals surface area (Å²) in [5.74, 6) is -0.240. The van der Waals surface area contributed by atoms with Gasteiger partial charge < -0.3 is 20.9 Å². The Morgan fingerprint density at radius 1 is 1.58 bits per heavy atom. The lowest BCUT2D eigenvalue weighted by molar-refractivity contribution is 0.0124. The fourth-order valence-electron chi connectivity index (χ4n) is 2.04. The average Bonchev–Trinajstić information content (AvgIpc) is 2.89. The molecule has 1 amide bonds. The first-order valence-corrected chi connectivity index (χ1v) is 7.23. The van der Waals surface area contributed by atoms with Crippen molar-refractivity contribution in [3.05, 3.63) is 16.1 Å². The van der Waals surface area contributed by atoms with E-state index in [1.54, 1.807) is 5.38 Å². The number of carbonyl (C=O) groups is 1. The van der Waals surface area contributed by atoms with Crippen molar-refractivity contribution in [1.82, 2.24) is 10.3 Å². The zero-order valence-corrected chi connectivity index (χ0v) is 11.5. The number of thiazole rings is 1. The van der Waals surface area contributed by atoms with Crippen LogP contribution in [0, 0.1) is 0 Å². The van der Waals surface area contributed by atoms with E-state index in [2.05, 4.69) is 10.3 Å². The first-order valence-electron chi connectivity index (χ1n) is 6.35. The van der Waals surface area contributed by atoms with Crippen molar-refractivity contribution in [1.29, 1.82) is 0 Å². The Morgan fingerprint density at radius 3 is 2.95 bits per heavy atom. The molecule has 4 N–H and O–H groups in total. The van der Waals surface area contributed by atoms with E-state index in [4.69, 9.17) is 10.5 Å². The monoisotopic (exact) mass is 285 g/mol. The molecule has 1 aliphatic rings. The molecular formula is C12H19N3O3S. The summed E-state index contributed by atoms with van der Waals surface area (Å²) in [7, 11) is 0. The standard InChI is InChI=1S/C12H19N3O3S/c13-4-1-10-14-9(7-19-10)11(17)15-12(8-16)2-5-18-6-3-12/h7,16H,1-6,8,13H2,(H,15,17). The molecule has 1 aromatic heterocycles. The Bertz CT molecular complexity index is 430. The lowest BCUT2D eigenvalue weighted by atomic mass is 9.91. The van der Waals surface area contributed by atoms with Crippen LogP contribution >= 0.6 is 11.3 Å². The van der Waals surface area contributed by atoms with Gasteiger partial charge in [0, 0.05) is 25.0 Å². The van der Waals surface area contributed by atoms with Gasteiger partial charge in [0.25, 0.3) is 5.91 Å². The van der Waals surface area contributed by atoms with E-state index in [9.17, 15) is 9.90 Å². The summed E-state index contributed by atoms with van der Waals surface area (Å²) in [6, 6.07) is 0. The second-order valence-corrected chi connectivity index (χ2v) is 5.61. The predicted molar refractivity (Wildman–Crippen MR) is 72.2 cm³/mol. The predicted octanol–water partition coefficient (Wildman–Crippen LogP) is -0.0844. The molecular weight excluding hydrogens is 266 g/mol. The maximum absolute atomic E-state index is 12.1. The highest BCUT2D eigenvalue weighted by Gasteiger charge is 2.34. The first kappa shape index (κ1) is 14.4. The third kappa shape index (κ3) is 3.50. The smallest absolute Gasteiger partial charge is 0.271 e. The molecule has 0 aliphatic carbocycles. The SMILES string of the molecule is NCCc1nc(C(=O)NC2(CO)CCOCC2)cs1. The Kier molecular flexibility index (Phi) is 4.87. The highest BCUT2D eigenvalue weighted by Crippen LogP contribution is 2.21. The minimum absolute atomic E-state index is 0.0815. The molecule has 0 atom stereocenters. The van der Waals surface area contributed by atoms with Gasteiger partial charge in [0.15, 0.2) is 0 Å². The minimum Gasteiger partial charge on any atom is -0.394 e. The number of aliphatic hydroxyl groups excluding tert-OH is 1. The number of amides is 1. The lowest BCUT2D eigenvalue weighted by Gasteiger charge is -2.36. The largest absolute Gasteiger partial charge is 0.394 e. The van der Waals surface area contributed by atoms with Crippen molar-refractivity contribution >= 4 is 17.2 Å². The fourth-order valence-corrected chi connectivity index (χ4v) is 2.84. The van der Waals surface area contributed by atoms with Crippen LogP contribution in [0.1, 0.15) is 28.3 Å². The highest BCUT2D eigenvalue weighted by atomic mass is 32.1. The maximum Gasteiger partial charge on any atom is 0.271 e. The van der Waals surface area contributed by atoms with Crippen LogP contribution in [0.25, 0.3) is 0 Å². The van der Waals surface area contributed by atoms with E-state index in [1.807, 2.05) is 0 Å². The van der Waals surface area contributed by atoms with Crippen LogP contribution in [0.3, 0.4) is 0 Å². The summed E-state index contributed by atoms with van der Waals surface area (Å²) in [6.45, 7) is 1.54. The summed E-state index contributed by atoms with van der Waals surface area (Å²) >= 11 is 1.43. The van der Waals surface area contributed by atoms with Crippen molar-refractivity contribution < 1.29 is 14.6 Å². The summed E-state index contributed by atoms with van der Waals surface area (Å²) in [5, 5.41) is 15.0. The lowest BCUT2D eigenvalue weighted by Crippen LogP contribution is -2.54. The fraction of sp³-hybridized carbons (Fsp3) is 0.667. The van der Waals surface area contributed by atoms with E-state index in [1.165, 1.54) is 11.3 Å². The quantitative estimate of drug-likeness (QED) is 0.703. The van der Waals surface area contributed by atoms with Crippen LogP contribution in [-0.4, -0.2) is 47.9 Å². The van der Waals surface area contributed by atoms with E-state index in [-0.39, 0.29) is 12.5 Å². The van der Waals surface area contributed by atoms with Crippen molar-refractivity contribution in [3.63, 3.8) is 0 Å². The van der Waals surface area contributed by atoms with Gasteiger partial charge in [0.1, 0.15) is 5.69 Å². The number of hydrogen-bond donors (Lipinski definition) is 3. The molecule has 6 nitrogen and oxygen atoms in total. The van der Waals surface area contributed by atoms with Crippen LogP contribution in [0.2, 0.25) is 0 Å². The topological polar surface area (TPSA) is 97.5 Å². The zero-order valence-electron chi connectivity index (χ0n) is 10.7. The molecule has 1 aromatic rings. The molecule has 7 heteroatoms. The van der Waals surface area contributed by atoms with Crippen LogP contribution < -0.4 is 11.1 Å². The van der Waals surface area contributed by atoms with Crippen molar-refractivity contribution in [3.8, 4) is 0 Å². The van der Waals surface area contributed by atoms with Gasteiger partial charge in [0.2, 0.25) is 0 Å². The normalized spacial score (nSPS) is 18.2. The molecule has 0 saturated carbocycles. The highest BCUT2D eigenvalue weighted by molar-refractivity contribution is 7.09. The summed E-state index contributed by atoms with van der Waals surface area (Å²) < 4.78 is 5.26. The average molecular weight is 285 g/mol. The molecule has 106 valence electrons. The number of aromatic nitrogens is 1. The zero-order chi connectivity index (χ0) is 13.7. The number of hydrogen-bond acceptors (Lipinski definition) is 6. The number of rotatable bonds is 5. The maximum atomic E-state index is 12.1. The molecule has 0 bridgehead atoms. The minimum atomic E-state index is -0.576. The van der Waals surface area contributed by atoms with Gasteiger partial charge in [-0.25, -0.2) is 4.98 Å². The molecule has 1 aliphatic heterocycles. The molecule has 2 heterocycles. The molecule has 0 aromatic carbocycles. The van der Waals surface area contributed by atoms with E-state index in [0.29, 0.717) is 44.7 Å². The molecule has 19 heavy (non-hydrogen) atoms. The molecule has 1 saturated heterocycles. The van der Waals surface area contributed by atoms with E-state index >= 15 is 0 Å². The molecule has 0 spiro atoms. The summed E-state index contributed by atoms with van der Waals surface area (Å²) in [6.07, 6.45) is 1.92. The van der Waals surface area contributed by atoms with Gasteiger partial charge in [-0.15, -0.1) is 11.3 Å². The number of carbonyl (C=O) groups excluding carboxylic acids is 1. The van der Waals surface area contributed by atoms with Crippen molar-refractivity contribution in [2.24, 2.45) is 5.73 Å². The Balaban J connectivity index is 2.02. The van der Waals surface area contributed by atoms with E-state index in [0.717, 1.165) is 5.01 Å². The Morgan fingerprint density at radius 2 is 2.32 bits per heavy atom. The van der Waals surface area contributed by atoms with Gasteiger partial charge in [-0.05, 0) is 19.4 Å². The Hall–Kier alpha value is -1.02. The van der Waals surface area contributed by atoms with Crippen LogP contribution in [-0.2, 0) is 11.2 Å². The van der Waals surface area contributed by atoms with Crippen molar-refractivity contribution in [2.45, 2.75) is 24.8 Å².